The van der Waals surface area contributed by atoms with Crippen LogP contribution in [0, 0.1) is 5.92 Å². The standard InChI is InChI=1S/C31H38N4O3/c36-28(32-22-26-12-6-2-7-13-26)23-34-24-35(27-14-8-3-9-15-27)31(30(34)38)18-20-33(21-19-31)29(37)17-16-25-10-4-1-5-11-25/h1,3-5,8-11,14-17,26H,2,6-7,12-13,18-24H2,(H,32,36). The van der Waals surface area contributed by atoms with E-state index in [-0.39, 0.29) is 24.3 Å². The lowest BCUT2D eigenvalue weighted by Gasteiger charge is -2.43. The van der Waals surface area contributed by atoms with Gasteiger partial charge < -0.3 is 20.0 Å². The number of carbonyl (C=O) groups excluding carboxylic acids is 3. The number of rotatable bonds is 7. The van der Waals surface area contributed by atoms with Gasteiger partial charge in [-0.05, 0) is 55.4 Å². The van der Waals surface area contributed by atoms with Crippen LogP contribution in [0.2, 0.25) is 0 Å². The molecule has 0 atom stereocenters. The average Bonchev–Trinajstić information content (AvgIpc) is 3.23. The molecular weight excluding hydrogens is 476 g/mol. The van der Waals surface area contributed by atoms with E-state index >= 15 is 0 Å². The first-order valence-electron chi connectivity index (χ1n) is 14.0. The van der Waals surface area contributed by atoms with Crippen LogP contribution in [0.25, 0.3) is 6.08 Å². The highest BCUT2D eigenvalue weighted by atomic mass is 16.2. The fourth-order valence-corrected chi connectivity index (χ4v) is 6.14. The zero-order valence-corrected chi connectivity index (χ0v) is 22.1. The maximum absolute atomic E-state index is 13.9. The second kappa shape index (κ2) is 11.8. The summed E-state index contributed by atoms with van der Waals surface area (Å²) in [4.78, 5) is 45.3. The van der Waals surface area contributed by atoms with Crippen molar-refractivity contribution < 1.29 is 14.4 Å². The van der Waals surface area contributed by atoms with E-state index in [4.69, 9.17) is 0 Å². The predicted octanol–water partition coefficient (Wildman–Crippen LogP) is 4.06. The van der Waals surface area contributed by atoms with Crippen molar-refractivity contribution in [3.8, 4) is 0 Å². The van der Waals surface area contributed by atoms with Gasteiger partial charge in [0.25, 0.3) is 5.91 Å². The van der Waals surface area contributed by atoms with Crippen molar-refractivity contribution in [3.05, 3.63) is 72.3 Å². The molecule has 2 aromatic carbocycles. The molecule has 0 bridgehead atoms. The Morgan fingerprint density at radius 3 is 2.26 bits per heavy atom. The molecule has 5 rings (SSSR count). The van der Waals surface area contributed by atoms with Gasteiger partial charge in [0.15, 0.2) is 0 Å². The number of likely N-dealkylation sites (tertiary alicyclic amines) is 1. The Kier molecular flexibility index (Phi) is 8.11. The first-order valence-corrected chi connectivity index (χ1v) is 14.0. The Balaban J connectivity index is 1.25. The summed E-state index contributed by atoms with van der Waals surface area (Å²) in [6.45, 7) is 2.13. The number of hydrogen-bond donors (Lipinski definition) is 1. The highest BCUT2D eigenvalue weighted by Gasteiger charge is 2.54. The third kappa shape index (κ3) is 5.77. The maximum Gasteiger partial charge on any atom is 0.250 e. The highest BCUT2D eigenvalue weighted by molar-refractivity contribution is 5.97. The second-order valence-electron chi connectivity index (χ2n) is 10.8. The van der Waals surface area contributed by atoms with E-state index in [2.05, 4.69) is 10.2 Å². The largest absolute Gasteiger partial charge is 0.354 e. The van der Waals surface area contributed by atoms with E-state index in [1.54, 1.807) is 11.0 Å². The molecular formula is C31H38N4O3. The molecule has 1 saturated carbocycles. The minimum atomic E-state index is -0.745. The molecule has 0 aromatic heterocycles. The number of nitrogens with one attached hydrogen (secondary N) is 1. The van der Waals surface area contributed by atoms with Crippen LogP contribution in [0.15, 0.2) is 66.7 Å². The Morgan fingerprint density at radius 2 is 1.58 bits per heavy atom. The van der Waals surface area contributed by atoms with Crippen LogP contribution in [0.1, 0.15) is 50.5 Å². The Bertz CT molecular complexity index is 1140. The first-order chi connectivity index (χ1) is 18.5. The number of piperidine rings is 1. The smallest absolute Gasteiger partial charge is 0.250 e. The van der Waals surface area contributed by atoms with Gasteiger partial charge in [0, 0.05) is 31.4 Å². The third-order valence-corrected chi connectivity index (χ3v) is 8.35. The van der Waals surface area contributed by atoms with E-state index in [1.165, 1.54) is 32.1 Å². The van der Waals surface area contributed by atoms with Crippen molar-refractivity contribution in [2.75, 3.05) is 37.7 Å². The zero-order valence-electron chi connectivity index (χ0n) is 22.1. The number of benzene rings is 2. The van der Waals surface area contributed by atoms with Crippen LogP contribution in [0.3, 0.4) is 0 Å². The minimum absolute atomic E-state index is 0.0129. The Labute approximate surface area is 225 Å². The van der Waals surface area contributed by atoms with Gasteiger partial charge >= 0.3 is 0 Å². The summed E-state index contributed by atoms with van der Waals surface area (Å²) in [5.74, 6) is 0.403. The van der Waals surface area contributed by atoms with Crippen molar-refractivity contribution in [2.24, 2.45) is 5.92 Å². The molecule has 7 heteroatoms. The van der Waals surface area contributed by atoms with Gasteiger partial charge in [-0.3, -0.25) is 14.4 Å². The number of carbonyl (C=O) groups is 3. The molecule has 1 aliphatic carbocycles. The third-order valence-electron chi connectivity index (χ3n) is 8.35. The van der Waals surface area contributed by atoms with Crippen molar-refractivity contribution in [2.45, 2.75) is 50.5 Å². The van der Waals surface area contributed by atoms with Crippen molar-refractivity contribution in [3.63, 3.8) is 0 Å². The highest BCUT2D eigenvalue weighted by Crippen LogP contribution is 2.39. The molecule has 0 radical (unpaired) electrons. The quantitative estimate of drug-likeness (QED) is 0.566. The maximum atomic E-state index is 13.9. The lowest BCUT2D eigenvalue weighted by molar-refractivity contribution is -0.138. The number of para-hydroxylation sites is 1. The minimum Gasteiger partial charge on any atom is -0.354 e. The van der Waals surface area contributed by atoms with Crippen molar-refractivity contribution >= 4 is 29.5 Å². The van der Waals surface area contributed by atoms with Gasteiger partial charge in [-0.1, -0.05) is 67.8 Å². The number of nitrogens with zero attached hydrogens (tertiary/aromatic N) is 3. The van der Waals surface area contributed by atoms with E-state index in [0.717, 1.165) is 11.3 Å². The Morgan fingerprint density at radius 1 is 0.921 bits per heavy atom. The Hall–Kier alpha value is -3.61. The van der Waals surface area contributed by atoms with Crippen molar-refractivity contribution in [1.82, 2.24) is 15.1 Å². The fourth-order valence-electron chi connectivity index (χ4n) is 6.14. The van der Waals surface area contributed by atoms with Crippen LogP contribution in [0.5, 0.6) is 0 Å². The lowest BCUT2D eigenvalue weighted by atomic mass is 9.85. The van der Waals surface area contributed by atoms with Crippen LogP contribution < -0.4 is 10.2 Å². The summed E-state index contributed by atoms with van der Waals surface area (Å²) in [6, 6.07) is 19.7. The molecule has 7 nitrogen and oxygen atoms in total. The predicted molar refractivity (Wildman–Crippen MR) is 149 cm³/mol. The SMILES string of the molecule is O=C(CN1CN(c2ccccc2)C2(CCN(C(=O)C=Cc3ccccc3)CC2)C1=O)NCC1CCCCC1. The average molecular weight is 515 g/mol. The van der Waals surface area contributed by atoms with Gasteiger partial charge in [-0.15, -0.1) is 0 Å². The number of anilines is 1. The van der Waals surface area contributed by atoms with E-state index in [9.17, 15) is 14.4 Å². The molecule has 0 unspecified atom stereocenters. The van der Waals surface area contributed by atoms with E-state index in [1.807, 2.05) is 71.6 Å². The second-order valence-corrected chi connectivity index (χ2v) is 10.8. The molecule has 2 aromatic rings. The summed E-state index contributed by atoms with van der Waals surface area (Å²) in [6.07, 6.45) is 10.6. The summed E-state index contributed by atoms with van der Waals surface area (Å²) in [5, 5.41) is 3.08. The fraction of sp³-hybridized carbons (Fsp3) is 0.452. The van der Waals surface area contributed by atoms with E-state index < -0.39 is 5.54 Å². The molecule has 38 heavy (non-hydrogen) atoms. The molecule has 2 aliphatic heterocycles. The molecule has 3 fully saturated rings. The summed E-state index contributed by atoms with van der Waals surface area (Å²) in [5.41, 5.74) is 1.20. The number of hydrogen-bond acceptors (Lipinski definition) is 4. The van der Waals surface area contributed by atoms with Gasteiger partial charge in [-0.25, -0.2) is 0 Å². The van der Waals surface area contributed by atoms with Gasteiger partial charge in [0.1, 0.15) is 12.1 Å². The van der Waals surface area contributed by atoms with Crippen LogP contribution in [0.4, 0.5) is 5.69 Å². The van der Waals surface area contributed by atoms with Gasteiger partial charge in [-0.2, -0.15) is 0 Å². The molecule has 2 saturated heterocycles. The summed E-state index contributed by atoms with van der Waals surface area (Å²) >= 11 is 0. The topological polar surface area (TPSA) is 73.0 Å². The molecule has 1 spiro atoms. The van der Waals surface area contributed by atoms with Crippen LogP contribution in [-0.2, 0) is 14.4 Å². The summed E-state index contributed by atoms with van der Waals surface area (Å²) < 4.78 is 0. The number of amides is 3. The molecule has 2 heterocycles. The zero-order chi connectivity index (χ0) is 26.4. The molecule has 3 aliphatic rings. The van der Waals surface area contributed by atoms with Gasteiger partial charge in [0.05, 0.1) is 6.67 Å². The van der Waals surface area contributed by atoms with Crippen LogP contribution in [-0.4, -0.2) is 65.9 Å². The molecule has 200 valence electrons. The normalized spacial score (nSPS) is 19.9. The lowest BCUT2D eigenvalue weighted by Crippen LogP contribution is -2.57. The van der Waals surface area contributed by atoms with Crippen molar-refractivity contribution in [1.29, 1.82) is 0 Å². The van der Waals surface area contributed by atoms with E-state index in [0.29, 0.717) is 45.1 Å². The summed E-state index contributed by atoms with van der Waals surface area (Å²) in [7, 11) is 0. The van der Waals surface area contributed by atoms with Crippen LogP contribution >= 0.6 is 0 Å². The molecule has 1 N–H and O–H groups in total. The van der Waals surface area contributed by atoms with Gasteiger partial charge in [0.2, 0.25) is 11.8 Å². The monoisotopic (exact) mass is 514 g/mol. The first kappa shape index (κ1) is 26.0. The molecule has 3 amide bonds.